The molecule has 0 aliphatic carbocycles. The lowest BCUT2D eigenvalue weighted by atomic mass is 10.1. The first-order chi connectivity index (χ1) is 9.08. The second-order valence-electron chi connectivity index (χ2n) is 4.85. The predicted octanol–water partition coefficient (Wildman–Crippen LogP) is 2.87. The van der Waals surface area contributed by atoms with Crippen LogP contribution >= 0.6 is 11.3 Å². The zero-order valence-electron chi connectivity index (χ0n) is 11.1. The maximum Gasteiger partial charge on any atom is 0.234 e. The maximum absolute atomic E-state index is 6.06. The number of nitrogen functional groups attached to an aromatic ring is 1. The van der Waals surface area contributed by atoms with Gasteiger partial charge in [-0.3, -0.25) is 0 Å². The molecule has 0 aliphatic rings. The Morgan fingerprint density at radius 1 is 1.26 bits per heavy atom. The van der Waals surface area contributed by atoms with E-state index < -0.39 is 0 Å². The van der Waals surface area contributed by atoms with Gasteiger partial charge >= 0.3 is 0 Å². The van der Waals surface area contributed by atoms with Crippen LogP contribution in [0.25, 0.3) is 15.5 Å². The average Bonchev–Trinajstić information content (AvgIpc) is 2.87. The molecule has 2 N–H and O–H groups in total. The molecule has 19 heavy (non-hydrogen) atoms. The minimum Gasteiger partial charge on any atom is -0.398 e. The predicted molar refractivity (Wildman–Crippen MR) is 77.3 cm³/mol. The van der Waals surface area contributed by atoms with E-state index in [1.54, 1.807) is 0 Å². The highest BCUT2D eigenvalue weighted by Gasteiger charge is 2.17. The number of hydrogen-bond donors (Lipinski definition) is 1. The van der Waals surface area contributed by atoms with Gasteiger partial charge < -0.3 is 5.73 Å². The van der Waals surface area contributed by atoms with Crippen molar-refractivity contribution in [3.8, 4) is 10.6 Å². The summed E-state index contributed by atoms with van der Waals surface area (Å²) in [6, 6.07) is 5.89. The molecule has 0 fully saturated rings. The average molecular weight is 273 g/mol. The lowest BCUT2D eigenvalue weighted by molar-refractivity contribution is 0.727. The van der Waals surface area contributed by atoms with Gasteiger partial charge in [-0.1, -0.05) is 37.3 Å². The molecule has 5 nitrogen and oxygen atoms in total. The zero-order valence-corrected chi connectivity index (χ0v) is 11.9. The van der Waals surface area contributed by atoms with Crippen LogP contribution in [0.15, 0.2) is 18.2 Å². The van der Waals surface area contributed by atoms with Gasteiger partial charge in [0.1, 0.15) is 5.01 Å². The van der Waals surface area contributed by atoms with Crippen molar-refractivity contribution in [1.29, 1.82) is 0 Å². The highest BCUT2D eigenvalue weighted by molar-refractivity contribution is 7.19. The second-order valence-corrected chi connectivity index (χ2v) is 5.81. The third-order valence-corrected chi connectivity index (χ3v) is 3.97. The Labute approximate surface area is 115 Å². The molecule has 6 heteroatoms. The summed E-state index contributed by atoms with van der Waals surface area (Å²) in [5, 5.41) is 13.8. The molecule has 0 bridgehead atoms. The van der Waals surface area contributed by atoms with Crippen molar-refractivity contribution in [2.75, 3.05) is 5.73 Å². The molecule has 0 radical (unpaired) electrons. The third kappa shape index (κ3) is 1.88. The monoisotopic (exact) mass is 273 g/mol. The van der Waals surface area contributed by atoms with Gasteiger partial charge in [0, 0.05) is 17.2 Å². The lowest BCUT2D eigenvalue weighted by Gasteiger charge is -2.05. The van der Waals surface area contributed by atoms with Crippen LogP contribution in [-0.4, -0.2) is 19.8 Å². The van der Waals surface area contributed by atoms with E-state index in [0.29, 0.717) is 5.92 Å². The van der Waals surface area contributed by atoms with Gasteiger partial charge in [0.05, 0.1) is 0 Å². The number of anilines is 1. The van der Waals surface area contributed by atoms with Crippen molar-refractivity contribution in [1.82, 2.24) is 19.8 Å². The standard InChI is InChI=1S/C13H15N5S/c1-7(2)11-15-16-13-18(11)17-12(19-13)10-8(3)5-4-6-9(10)14/h4-7H,14H2,1-3H3. The molecular weight excluding hydrogens is 258 g/mol. The summed E-state index contributed by atoms with van der Waals surface area (Å²) in [5.74, 6) is 1.17. The Bertz CT molecular complexity index is 720. The summed E-state index contributed by atoms with van der Waals surface area (Å²) < 4.78 is 1.82. The molecular formula is C13H15N5S. The first-order valence-corrected chi connectivity index (χ1v) is 6.97. The number of fused-ring (bicyclic) bond motifs is 1. The molecule has 0 amide bonds. The SMILES string of the molecule is Cc1cccc(N)c1-c1nn2c(C(C)C)nnc2s1. The van der Waals surface area contributed by atoms with Crippen LogP contribution in [0.2, 0.25) is 0 Å². The van der Waals surface area contributed by atoms with Crippen LogP contribution < -0.4 is 5.73 Å². The molecule has 0 saturated carbocycles. The smallest absolute Gasteiger partial charge is 0.234 e. The van der Waals surface area contributed by atoms with Crippen LogP contribution in [0.5, 0.6) is 0 Å². The minimum atomic E-state index is 0.291. The Balaban J connectivity index is 2.21. The molecule has 1 aromatic carbocycles. The zero-order chi connectivity index (χ0) is 13.6. The van der Waals surface area contributed by atoms with Gasteiger partial charge in [0.25, 0.3) is 0 Å². The fourth-order valence-electron chi connectivity index (χ4n) is 2.08. The van der Waals surface area contributed by atoms with E-state index in [1.807, 2.05) is 29.6 Å². The highest BCUT2D eigenvalue weighted by Crippen LogP contribution is 2.33. The highest BCUT2D eigenvalue weighted by atomic mass is 32.1. The fourth-order valence-corrected chi connectivity index (χ4v) is 3.05. The molecule has 3 rings (SSSR count). The molecule has 2 heterocycles. The summed E-state index contributed by atoms with van der Waals surface area (Å²) in [4.78, 5) is 0.807. The molecule has 0 unspecified atom stereocenters. The van der Waals surface area contributed by atoms with Crippen molar-refractivity contribution < 1.29 is 0 Å². The van der Waals surface area contributed by atoms with E-state index in [-0.39, 0.29) is 0 Å². The van der Waals surface area contributed by atoms with Crippen molar-refractivity contribution in [2.45, 2.75) is 26.7 Å². The number of aryl methyl sites for hydroxylation is 1. The number of hydrogen-bond acceptors (Lipinski definition) is 5. The summed E-state index contributed by atoms with van der Waals surface area (Å²) in [5.41, 5.74) is 8.92. The Kier molecular flexibility index (Phi) is 2.74. The molecule has 0 atom stereocenters. The topological polar surface area (TPSA) is 69.1 Å². The van der Waals surface area contributed by atoms with Crippen LogP contribution in [0, 0.1) is 6.92 Å². The van der Waals surface area contributed by atoms with E-state index >= 15 is 0 Å². The molecule has 3 aromatic rings. The van der Waals surface area contributed by atoms with E-state index in [0.717, 1.165) is 32.6 Å². The van der Waals surface area contributed by atoms with Gasteiger partial charge in [-0.2, -0.15) is 9.61 Å². The summed E-state index contributed by atoms with van der Waals surface area (Å²) in [6.07, 6.45) is 0. The number of rotatable bonds is 2. The van der Waals surface area contributed by atoms with Crippen LogP contribution in [0.4, 0.5) is 5.69 Å². The van der Waals surface area contributed by atoms with E-state index in [1.165, 1.54) is 11.3 Å². The molecule has 0 aliphatic heterocycles. The van der Waals surface area contributed by atoms with Gasteiger partial charge in [-0.15, -0.1) is 10.2 Å². The fraction of sp³-hybridized carbons (Fsp3) is 0.308. The summed E-state index contributed by atoms with van der Waals surface area (Å²) >= 11 is 1.52. The van der Waals surface area contributed by atoms with Gasteiger partial charge in [0.15, 0.2) is 5.82 Å². The van der Waals surface area contributed by atoms with Crippen molar-refractivity contribution in [3.63, 3.8) is 0 Å². The maximum atomic E-state index is 6.06. The largest absolute Gasteiger partial charge is 0.398 e. The Hall–Kier alpha value is -1.95. The molecule has 0 spiro atoms. The van der Waals surface area contributed by atoms with Gasteiger partial charge in [0.2, 0.25) is 4.96 Å². The molecule has 2 aromatic heterocycles. The molecule has 0 saturated heterocycles. The number of aromatic nitrogens is 4. The first-order valence-electron chi connectivity index (χ1n) is 6.15. The van der Waals surface area contributed by atoms with E-state index in [9.17, 15) is 0 Å². The first kappa shape index (κ1) is 12.1. The van der Waals surface area contributed by atoms with Crippen LogP contribution in [-0.2, 0) is 0 Å². The molecule has 98 valence electrons. The third-order valence-electron chi connectivity index (χ3n) is 3.05. The number of nitrogens with zero attached hydrogens (tertiary/aromatic N) is 4. The second kappa shape index (κ2) is 4.31. The lowest BCUT2D eigenvalue weighted by Crippen LogP contribution is -1.99. The van der Waals surface area contributed by atoms with E-state index in [2.05, 4.69) is 29.1 Å². The van der Waals surface area contributed by atoms with Crippen molar-refractivity contribution in [3.05, 3.63) is 29.6 Å². The number of nitrogens with two attached hydrogens (primary N) is 1. The van der Waals surface area contributed by atoms with Crippen molar-refractivity contribution >= 4 is 22.0 Å². The van der Waals surface area contributed by atoms with Gasteiger partial charge in [-0.25, -0.2) is 0 Å². The van der Waals surface area contributed by atoms with Gasteiger partial charge in [-0.05, 0) is 18.6 Å². The van der Waals surface area contributed by atoms with Crippen molar-refractivity contribution in [2.24, 2.45) is 0 Å². The van der Waals surface area contributed by atoms with Crippen LogP contribution in [0.1, 0.15) is 31.2 Å². The minimum absolute atomic E-state index is 0.291. The van der Waals surface area contributed by atoms with Crippen LogP contribution in [0.3, 0.4) is 0 Å². The Morgan fingerprint density at radius 2 is 2.05 bits per heavy atom. The quantitative estimate of drug-likeness (QED) is 0.729. The normalized spacial score (nSPS) is 11.6. The Morgan fingerprint density at radius 3 is 2.74 bits per heavy atom. The van der Waals surface area contributed by atoms with E-state index in [4.69, 9.17) is 5.73 Å². The summed E-state index contributed by atoms with van der Waals surface area (Å²) in [6.45, 7) is 6.20. The number of benzene rings is 1. The summed E-state index contributed by atoms with van der Waals surface area (Å²) in [7, 11) is 0.